The summed E-state index contributed by atoms with van der Waals surface area (Å²) < 4.78 is 42.4. The number of aromatic nitrogens is 1. The number of nitrogens with one attached hydrogen (secondary N) is 1. The third-order valence-electron chi connectivity index (χ3n) is 6.63. The molecular weight excluding hydrogens is 399 g/mol. The highest BCUT2D eigenvalue weighted by Crippen LogP contribution is 2.48. The van der Waals surface area contributed by atoms with Crippen molar-refractivity contribution in [3.63, 3.8) is 0 Å². The fourth-order valence-corrected chi connectivity index (χ4v) is 4.90. The molecule has 0 saturated heterocycles. The third-order valence-corrected chi connectivity index (χ3v) is 6.63. The largest absolute Gasteiger partial charge is 0.394 e. The van der Waals surface area contributed by atoms with Crippen molar-refractivity contribution in [2.75, 3.05) is 5.32 Å². The van der Waals surface area contributed by atoms with Crippen molar-refractivity contribution in [3.8, 4) is 6.07 Å². The van der Waals surface area contributed by atoms with Gasteiger partial charge in [-0.15, -0.1) is 0 Å². The summed E-state index contributed by atoms with van der Waals surface area (Å²) in [6.45, 7) is 7.38. The lowest BCUT2D eigenvalue weighted by Crippen LogP contribution is -2.38. The molecule has 0 bridgehead atoms. The Hall–Kier alpha value is -3.07. The average Bonchev–Trinajstić information content (AvgIpc) is 2.71. The van der Waals surface area contributed by atoms with Crippen molar-refractivity contribution in [2.24, 2.45) is 5.92 Å². The van der Waals surface area contributed by atoms with Gasteiger partial charge in [0, 0.05) is 16.8 Å². The second-order valence-corrected chi connectivity index (χ2v) is 8.39. The van der Waals surface area contributed by atoms with Crippen LogP contribution >= 0.6 is 0 Å². The van der Waals surface area contributed by atoms with Crippen molar-refractivity contribution in [1.29, 1.82) is 5.26 Å². The van der Waals surface area contributed by atoms with E-state index in [-0.39, 0.29) is 6.42 Å². The Morgan fingerprint density at radius 2 is 1.77 bits per heavy atom. The third kappa shape index (κ3) is 3.52. The van der Waals surface area contributed by atoms with Crippen LogP contribution in [0.15, 0.2) is 30.3 Å². The van der Waals surface area contributed by atoms with Gasteiger partial charge in [-0.3, -0.25) is 4.98 Å². The number of aryl methyl sites for hydroxylation is 1. The molecular formula is C25H24F3N3. The van der Waals surface area contributed by atoms with Crippen LogP contribution in [0.25, 0.3) is 10.9 Å². The first kappa shape index (κ1) is 21.2. The molecule has 1 N–H and O–H groups in total. The Balaban J connectivity index is 1.92. The number of pyridine rings is 1. The summed E-state index contributed by atoms with van der Waals surface area (Å²) in [6, 6.07) is 10.5. The SMILES string of the molecule is Cc1ccc2c(NC3c4c(C)c(C)c(C#N)c(C)c4CCC3C(F)(F)F)cccc2n1. The number of rotatable bonds is 2. The van der Waals surface area contributed by atoms with E-state index in [1.807, 2.05) is 52.0 Å². The zero-order chi connectivity index (χ0) is 22.5. The highest BCUT2D eigenvalue weighted by molar-refractivity contribution is 5.91. The average molecular weight is 423 g/mol. The minimum atomic E-state index is -4.34. The molecule has 0 saturated carbocycles. The predicted octanol–water partition coefficient (Wildman–Crippen LogP) is 6.62. The molecule has 1 aliphatic carbocycles. The Morgan fingerprint density at radius 1 is 1.03 bits per heavy atom. The molecule has 3 nitrogen and oxygen atoms in total. The molecule has 1 aliphatic rings. The van der Waals surface area contributed by atoms with Crippen LogP contribution in [0, 0.1) is 44.9 Å². The van der Waals surface area contributed by atoms with Gasteiger partial charge in [-0.2, -0.15) is 18.4 Å². The topological polar surface area (TPSA) is 48.7 Å². The minimum absolute atomic E-state index is 0.00942. The van der Waals surface area contributed by atoms with Crippen LogP contribution in [0.5, 0.6) is 0 Å². The molecule has 0 radical (unpaired) electrons. The van der Waals surface area contributed by atoms with E-state index in [0.717, 1.165) is 38.9 Å². The molecule has 2 aromatic carbocycles. The molecule has 2 atom stereocenters. The lowest BCUT2D eigenvalue weighted by atomic mass is 9.73. The number of nitriles is 1. The molecule has 31 heavy (non-hydrogen) atoms. The van der Waals surface area contributed by atoms with Crippen LogP contribution in [0.2, 0.25) is 0 Å². The normalized spacial score (nSPS) is 18.5. The van der Waals surface area contributed by atoms with Gasteiger partial charge in [0.2, 0.25) is 0 Å². The van der Waals surface area contributed by atoms with E-state index in [2.05, 4.69) is 16.4 Å². The van der Waals surface area contributed by atoms with Crippen LogP contribution in [-0.2, 0) is 6.42 Å². The van der Waals surface area contributed by atoms with Gasteiger partial charge >= 0.3 is 6.18 Å². The van der Waals surface area contributed by atoms with E-state index in [1.54, 1.807) is 6.07 Å². The zero-order valence-corrected chi connectivity index (χ0v) is 18.0. The number of halogens is 3. The fraction of sp³-hybridized carbons (Fsp3) is 0.360. The van der Waals surface area contributed by atoms with E-state index in [0.29, 0.717) is 23.2 Å². The zero-order valence-electron chi connectivity index (χ0n) is 18.0. The molecule has 3 aromatic rings. The maximum Gasteiger partial charge on any atom is 0.394 e. The van der Waals surface area contributed by atoms with Crippen molar-refractivity contribution < 1.29 is 13.2 Å². The summed E-state index contributed by atoms with van der Waals surface area (Å²) in [6.07, 6.45) is -4.03. The van der Waals surface area contributed by atoms with Crippen LogP contribution in [-0.4, -0.2) is 11.2 Å². The summed E-state index contributed by atoms with van der Waals surface area (Å²) >= 11 is 0. The molecule has 160 valence electrons. The highest BCUT2D eigenvalue weighted by Gasteiger charge is 2.48. The Morgan fingerprint density at radius 3 is 2.45 bits per heavy atom. The van der Waals surface area contributed by atoms with Crippen LogP contribution in [0.1, 0.15) is 51.5 Å². The second-order valence-electron chi connectivity index (χ2n) is 8.39. The van der Waals surface area contributed by atoms with Gasteiger partial charge in [0.25, 0.3) is 0 Å². The molecule has 4 rings (SSSR count). The molecule has 2 unspecified atom stereocenters. The quantitative estimate of drug-likeness (QED) is 0.504. The molecule has 0 aliphatic heterocycles. The lowest BCUT2D eigenvalue weighted by Gasteiger charge is -2.38. The Labute approximate surface area is 179 Å². The van der Waals surface area contributed by atoms with E-state index in [4.69, 9.17) is 0 Å². The Kier molecular flexibility index (Phi) is 5.17. The minimum Gasteiger partial charge on any atom is -0.377 e. The van der Waals surface area contributed by atoms with Crippen molar-refractivity contribution in [1.82, 2.24) is 4.98 Å². The smallest absolute Gasteiger partial charge is 0.377 e. The lowest BCUT2D eigenvalue weighted by molar-refractivity contribution is -0.182. The number of alkyl halides is 3. The van der Waals surface area contributed by atoms with Gasteiger partial charge in [0.15, 0.2) is 0 Å². The first-order chi connectivity index (χ1) is 14.6. The molecule has 1 heterocycles. The van der Waals surface area contributed by atoms with E-state index >= 15 is 0 Å². The van der Waals surface area contributed by atoms with Crippen molar-refractivity contribution in [3.05, 3.63) is 69.4 Å². The second kappa shape index (κ2) is 7.56. The molecule has 0 spiro atoms. The number of nitrogens with zero attached hydrogens (tertiary/aromatic N) is 2. The molecule has 1 aromatic heterocycles. The number of fused-ring (bicyclic) bond motifs is 2. The first-order valence-corrected chi connectivity index (χ1v) is 10.4. The Bertz CT molecular complexity index is 1220. The van der Waals surface area contributed by atoms with Gasteiger partial charge in [0.05, 0.1) is 29.1 Å². The van der Waals surface area contributed by atoms with Gasteiger partial charge in [0.1, 0.15) is 0 Å². The van der Waals surface area contributed by atoms with Gasteiger partial charge in [-0.1, -0.05) is 6.07 Å². The number of hydrogen-bond donors (Lipinski definition) is 1. The first-order valence-electron chi connectivity index (χ1n) is 10.4. The summed E-state index contributed by atoms with van der Waals surface area (Å²) in [7, 11) is 0. The van der Waals surface area contributed by atoms with E-state index < -0.39 is 18.1 Å². The van der Waals surface area contributed by atoms with Crippen LogP contribution < -0.4 is 5.32 Å². The number of hydrogen-bond acceptors (Lipinski definition) is 3. The number of anilines is 1. The monoisotopic (exact) mass is 423 g/mol. The van der Waals surface area contributed by atoms with Crippen LogP contribution in [0.3, 0.4) is 0 Å². The van der Waals surface area contributed by atoms with Crippen molar-refractivity contribution >= 4 is 16.6 Å². The molecule has 0 amide bonds. The highest BCUT2D eigenvalue weighted by atomic mass is 19.4. The summed E-state index contributed by atoms with van der Waals surface area (Å²) in [5.74, 6) is -1.51. The molecule has 6 heteroatoms. The fourth-order valence-electron chi connectivity index (χ4n) is 4.90. The number of benzene rings is 2. The summed E-state index contributed by atoms with van der Waals surface area (Å²) in [5, 5.41) is 13.6. The van der Waals surface area contributed by atoms with Crippen LogP contribution in [0.4, 0.5) is 18.9 Å². The van der Waals surface area contributed by atoms with Gasteiger partial charge in [-0.05, 0) is 92.6 Å². The molecule has 0 fully saturated rings. The van der Waals surface area contributed by atoms with E-state index in [1.165, 1.54) is 0 Å². The maximum absolute atomic E-state index is 14.1. The summed E-state index contributed by atoms with van der Waals surface area (Å²) in [4.78, 5) is 4.51. The standard InChI is InChI=1S/C25H24F3N3/c1-13-8-9-18-21(30-13)6-5-7-22(18)31-24-20(25(26,27)28)11-10-17-16(4)19(12-29)14(2)15(3)23(17)24/h5-9,20,24,31H,10-11H2,1-4H3. The summed E-state index contributed by atoms with van der Waals surface area (Å²) in [5.41, 5.74) is 6.66. The van der Waals surface area contributed by atoms with E-state index in [9.17, 15) is 18.4 Å². The predicted molar refractivity (Wildman–Crippen MR) is 116 cm³/mol. The van der Waals surface area contributed by atoms with Gasteiger partial charge < -0.3 is 5.32 Å². The van der Waals surface area contributed by atoms with Crippen molar-refractivity contribution in [2.45, 2.75) is 52.8 Å². The maximum atomic E-state index is 14.1. The van der Waals surface area contributed by atoms with Gasteiger partial charge in [-0.25, -0.2) is 0 Å².